The molecule has 1 aliphatic rings. The van der Waals surface area contributed by atoms with Gasteiger partial charge >= 0.3 is 0 Å². The minimum Gasteiger partial charge on any atom is -0.353 e. The first kappa shape index (κ1) is 21.0. The lowest BCUT2D eigenvalue weighted by molar-refractivity contribution is -0.131. The number of ketones is 1. The Hall–Kier alpha value is -3.26. The second kappa shape index (κ2) is 9.26. The Morgan fingerprint density at radius 3 is 2.39 bits per heavy atom. The molecule has 3 heterocycles. The number of hydrogen-bond acceptors (Lipinski definition) is 7. The fraction of sp³-hybridized carbons (Fsp3) is 0.318. The number of nitrogens with zero attached hydrogens (tertiary/aromatic N) is 5. The van der Waals surface area contributed by atoms with Gasteiger partial charge < -0.3 is 14.3 Å². The first-order chi connectivity index (χ1) is 15.0. The number of hydrogen-bond donors (Lipinski definition) is 0. The molecule has 3 aromatic rings. The minimum atomic E-state index is -0.0512. The van der Waals surface area contributed by atoms with E-state index in [4.69, 9.17) is 16.1 Å². The molecule has 2 aromatic heterocycles. The first-order valence-corrected chi connectivity index (χ1v) is 10.5. The van der Waals surface area contributed by atoms with Crippen LogP contribution in [-0.4, -0.2) is 57.9 Å². The number of aromatic nitrogens is 3. The second-order valence-electron chi connectivity index (χ2n) is 7.34. The van der Waals surface area contributed by atoms with Gasteiger partial charge in [-0.2, -0.15) is 4.98 Å². The topological polar surface area (TPSA) is 92.4 Å². The van der Waals surface area contributed by atoms with E-state index in [1.807, 2.05) is 17.0 Å². The molecule has 1 saturated heterocycles. The highest BCUT2D eigenvalue weighted by Gasteiger charge is 2.22. The standard InChI is InChI=1S/C22H22ClN5O3/c1-15-25-22(26-31-15)17-4-8-20(24-14-17)27-10-12-28(13-11-27)21(30)9-7-19(29)16-2-5-18(23)6-3-16/h2-6,8,14H,7,9-13H2,1H3. The molecule has 1 aliphatic heterocycles. The summed E-state index contributed by atoms with van der Waals surface area (Å²) < 4.78 is 5.00. The van der Waals surface area contributed by atoms with Gasteiger partial charge in [-0.3, -0.25) is 9.59 Å². The SMILES string of the molecule is Cc1nc(-c2ccc(N3CCN(C(=O)CCC(=O)c4ccc(Cl)cc4)CC3)nc2)no1. The number of amides is 1. The molecular formula is C22H22ClN5O3. The van der Waals surface area contributed by atoms with Crippen LogP contribution in [0.3, 0.4) is 0 Å². The Morgan fingerprint density at radius 1 is 1.03 bits per heavy atom. The smallest absolute Gasteiger partial charge is 0.223 e. The van der Waals surface area contributed by atoms with Crippen LogP contribution in [-0.2, 0) is 4.79 Å². The Morgan fingerprint density at radius 2 is 1.77 bits per heavy atom. The van der Waals surface area contributed by atoms with Crippen LogP contribution in [0.4, 0.5) is 5.82 Å². The van der Waals surface area contributed by atoms with E-state index in [-0.39, 0.29) is 24.5 Å². The van der Waals surface area contributed by atoms with Crippen LogP contribution in [0.1, 0.15) is 29.1 Å². The van der Waals surface area contributed by atoms with Crippen LogP contribution < -0.4 is 4.90 Å². The number of aryl methyl sites for hydroxylation is 1. The lowest BCUT2D eigenvalue weighted by atomic mass is 10.1. The van der Waals surface area contributed by atoms with Gasteiger partial charge in [-0.1, -0.05) is 16.8 Å². The Kier molecular flexibility index (Phi) is 6.27. The summed E-state index contributed by atoms with van der Waals surface area (Å²) in [6, 6.07) is 10.6. The molecule has 31 heavy (non-hydrogen) atoms. The van der Waals surface area contributed by atoms with Crippen molar-refractivity contribution in [1.82, 2.24) is 20.0 Å². The highest BCUT2D eigenvalue weighted by molar-refractivity contribution is 6.30. The maximum absolute atomic E-state index is 12.5. The minimum absolute atomic E-state index is 0.00209. The number of carbonyl (C=O) groups excluding carboxylic acids is 2. The fourth-order valence-electron chi connectivity index (χ4n) is 3.47. The third-order valence-corrected chi connectivity index (χ3v) is 5.47. The van der Waals surface area contributed by atoms with E-state index < -0.39 is 0 Å². The van der Waals surface area contributed by atoms with E-state index in [1.54, 1.807) is 37.4 Å². The van der Waals surface area contributed by atoms with Crippen LogP contribution in [0.5, 0.6) is 0 Å². The van der Waals surface area contributed by atoms with Crippen molar-refractivity contribution >= 4 is 29.1 Å². The number of piperazine rings is 1. The molecule has 8 nitrogen and oxygen atoms in total. The van der Waals surface area contributed by atoms with E-state index >= 15 is 0 Å². The molecule has 1 amide bonds. The second-order valence-corrected chi connectivity index (χ2v) is 7.78. The number of Topliss-reactive ketones (excluding diaryl/α,β-unsaturated/α-hetero) is 1. The average Bonchev–Trinajstić information content (AvgIpc) is 3.24. The summed E-state index contributed by atoms with van der Waals surface area (Å²) in [7, 11) is 0. The molecule has 0 radical (unpaired) electrons. The van der Waals surface area contributed by atoms with Crippen molar-refractivity contribution < 1.29 is 14.1 Å². The molecule has 160 valence electrons. The lowest BCUT2D eigenvalue weighted by Gasteiger charge is -2.35. The van der Waals surface area contributed by atoms with Gasteiger partial charge in [0.2, 0.25) is 17.6 Å². The summed E-state index contributed by atoms with van der Waals surface area (Å²) in [5.41, 5.74) is 1.37. The van der Waals surface area contributed by atoms with Crippen LogP contribution in [0.2, 0.25) is 5.02 Å². The van der Waals surface area contributed by atoms with E-state index in [0.29, 0.717) is 48.5 Å². The van der Waals surface area contributed by atoms with Gasteiger partial charge in [-0.05, 0) is 36.4 Å². The zero-order chi connectivity index (χ0) is 21.8. The van der Waals surface area contributed by atoms with Gasteiger partial charge in [0.05, 0.1) is 0 Å². The van der Waals surface area contributed by atoms with Crippen molar-refractivity contribution in [3.8, 4) is 11.4 Å². The van der Waals surface area contributed by atoms with Crippen molar-refractivity contribution in [2.45, 2.75) is 19.8 Å². The molecule has 0 atom stereocenters. The number of rotatable bonds is 6. The van der Waals surface area contributed by atoms with E-state index in [9.17, 15) is 9.59 Å². The average molecular weight is 440 g/mol. The van der Waals surface area contributed by atoms with Crippen LogP contribution in [0.25, 0.3) is 11.4 Å². The Labute approximate surface area is 184 Å². The summed E-state index contributed by atoms with van der Waals surface area (Å²) in [6.45, 7) is 4.31. The summed E-state index contributed by atoms with van der Waals surface area (Å²) in [5.74, 6) is 1.81. The number of pyridine rings is 1. The zero-order valence-electron chi connectivity index (χ0n) is 17.1. The monoisotopic (exact) mass is 439 g/mol. The number of carbonyl (C=O) groups is 2. The quantitative estimate of drug-likeness (QED) is 0.543. The normalized spacial score (nSPS) is 14.0. The number of halogens is 1. The van der Waals surface area contributed by atoms with Crippen LogP contribution in [0, 0.1) is 6.92 Å². The van der Waals surface area contributed by atoms with Gasteiger partial charge in [-0.25, -0.2) is 4.98 Å². The predicted octanol–water partition coefficient (Wildman–Crippen LogP) is 3.41. The highest BCUT2D eigenvalue weighted by atomic mass is 35.5. The summed E-state index contributed by atoms with van der Waals surface area (Å²) in [4.78, 5) is 37.4. The summed E-state index contributed by atoms with van der Waals surface area (Å²) in [6.07, 6.45) is 2.12. The van der Waals surface area contributed by atoms with Crippen molar-refractivity contribution in [3.05, 3.63) is 59.1 Å². The van der Waals surface area contributed by atoms with Gasteiger partial charge in [0.1, 0.15) is 5.82 Å². The zero-order valence-corrected chi connectivity index (χ0v) is 17.9. The van der Waals surface area contributed by atoms with Gasteiger partial charge in [-0.15, -0.1) is 0 Å². The summed E-state index contributed by atoms with van der Waals surface area (Å²) >= 11 is 5.85. The number of anilines is 1. The van der Waals surface area contributed by atoms with Crippen molar-refractivity contribution in [2.24, 2.45) is 0 Å². The molecule has 0 saturated carbocycles. The van der Waals surface area contributed by atoms with Crippen molar-refractivity contribution in [3.63, 3.8) is 0 Å². The fourth-order valence-corrected chi connectivity index (χ4v) is 3.59. The van der Waals surface area contributed by atoms with E-state index in [0.717, 1.165) is 11.4 Å². The highest BCUT2D eigenvalue weighted by Crippen LogP contribution is 2.20. The lowest BCUT2D eigenvalue weighted by Crippen LogP contribution is -2.49. The largest absolute Gasteiger partial charge is 0.353 e. The molecule has 9 heteroatoms. The van der Waals surface area contributed by atoms with E-state index in [2.05, 4.69) is 20.0 Å². The third kappa shape index (κ3) is 5.08. The molecule has 0 unspecified atom stereocenters. The maximum Gasteiger partial charge on any atom is 0.223 e. The van der Waals surface area contributed by atoms with E-state index in [1.165, 1.54) is 0 Å². The van der Waals surface area contributed by atoms with Crippen LogP contribution >= 0.6 is 11.6 Å². The molecule has 4 rings (SSSR count). The third-order valence-electron chi connectivity index (χ3n) is 5.22. The molecule has 0 N–H and O–H groups in total. The molecular weight excluding hydrogens is 418 g/mol. The molecule has 0 spiro atoms. The van der Waals surface area contributed by atoms with Gasteiger partial charge in [0.25, 0.3) is 0 Å². The number of benzene rings is 1. The van der Waals surface area contributed by atoms with Crippen molar-refractivity contribution in [1.29, 1.82) is 0 Å². The molecule has 0 bridgehead atoms. The molecule has 0 aliphatic carbocycles. The maximum atomic E-state index is 12.5. The first-order valence-electron chi connectivity index (χ1n) is 10.1. The van der Waals surface area contributed by atoms with Gasteiger partial charge in [0, 0.05) is 68.3 Å². The molecule has 1 fully saturated rings. The van der Waals surface area contributed by atoms with Crippen LogP contribution in [0.15, 0.2) is 47.1 Å². The Bertz CT molecular complexity index is 1060. The van der Waals surface area contributed by atoms with Gasteiger partial charge in [0.15, 0.2) is 5.78 Å². The summed E-state index contributed by atoms with van der Waals surface area (Å²) in [5, 5.41) is 4.48. The molecule has 1 aromatic carbocycles. The predicted molar refractivity (Wildman–Crippen MR) is 116 cm³/mol. The Balaban J connectivity index is 1.26. The van der Waals surface area contributed by atoms with Crippen molar-refractivity contribution in [2.75, 3.05) is 31.1 Å².